The lowest BCUT2D eigenvalue weighted by Crippen LogP contribution is -2.40. The topological polar surface area (TPSA) is 58.6 Å². The number of carbonyl (C=O) groups excluding carboxylic acids is 2. The Morgan fingerprint density at radius 1 is 0.971 bits per heavy atom. The summed E-state index contributed by atoms with van der Waals surface area (Å²) in [5.74, 6) is 0.598. The Kier molecular flexibility index (Phi) is 7.54. The van der Waals surface area contributed by atoms with E-state index in [2.05, 4.69) is 42.6 Å². The summed E-state index contributed by atoms with van der Waals surface area (Å²) in [5, 5.41) is 2.96. The zero-order chi connectivity index (χ0) is 24.9. The number of nitrogens with one attached hydrogen (secondary N) is 1. The third-order valence-electron chi connectivity index (χ3n) is 6.62. The first-order valence-electron chi connectivity index (χ1n) is 12.4. The molecule has 5 heteroatoms. The second-order valence-electron chi connectivity index (χ2n) is 9.23. The van der Waals surface area contributed by atoms with Gasteiger partial charge in [0.2, 0.25) is 5.91 Å². The minimum Gasteiger partial charge on any atom is -0.481 e. The highest BCUT2D eigenvalue weighted by atomic mass is 16.5. The van der Waals surface area contributed by atoms with E-state index in [-0.39, 0.29) is 17.9 Å². The molecule has 3 aromatic rings. The molecule has 0 bridgehead atoms. The maximum Gasteiger partial charge on any atom is 0.265 e. The van der Waals surface area contributed by atoms with Gasteiger partial charge in [0, 0.05) is 18.7 Å². The first kappa shape index (κ1) is 24.5. The molecule has 1 N–H and O–H groups in total. The second-order valence-corrected chi connectivity index (χ2v) is 9.23. The van der Waals surface area contributed by atoms with Crippen LogP contribution in [-0.2, 0) is 16.0 Å². The zero-order valence-electron chi connectivity index (χ0n) is 21.0. The smallest absolute Gasteiger partial charge is 0.265 e. The molecule has 3 aromatic carbocycles. The molecular formula is C30H34N2O3. The van der Waals surface area contributed by atoms with Gasteiger partial charge in [0.1, 0.15) is 5.75 Å². The van der Waals surface area contributed by atoms with Gasteiger partial charge in [-0.05, 0) is 67.6 Å². The molecule has 0 radical (unpaired) electrons. The van der Waals surface area contributed by atoms with Gasteiger partial charge < -0.3 is 15.0 Å². The Bertz CT molecular complexity index is 1190. The summed E-state index contributed by atoms with van der Waals surface area (Å²) in [7, 11) is 0. The number of aryl methyl sites for hydroxylation is 2. The summed E-state index contributed by atoms with van der Waals surface area (Å²) < 4.78 is 6.20. The van der Waals surface area contributed by atoms with Crippen LogP contribution in [0, 0.1) is 13.8 Å². The lowest BCUT2D eigenvalue weighted by molar-refractivity contribution is -0.133. The fourth-order valence-corrected chi connectivity index (χ4v) is 4.59. The monoisotopic (exact) mass is 470 g/mol. The molecule has 2 atom stereocenters. The highest BCUT2D eigenvalue weighted by Gasteiger charge is 2.32. The first-order valence-corrected chi connectivity index (χ1v) is 12.4. The number of hydrogen-bond donors (Lipinski definition) is 1. The van der Waals surface area contributed by atoms with Crippen LogP contribution in [0.25, 0.3) is 0 Å². The van der Waals surface area contributed by atoms with Crippen LogP contribution in [0.15, 0.2) is 66.7 Å². The molecule has 1 heterocycles. The third-order valence-corrected chi connectivity index (χ3v) is 6.62. The number of amides is 2. The van der Waals surface area contributed by atoms with Crippen molar-refractivity contribution < 1.29 is 14.3 Å². The predicted molar refractivity (Wildman–Crippen MR) is 140 cm³/mol. The molecule has 5 nitrogen and oxygen atoms in total. The Hall–Kier alpha value is -3.60. The van der Waals surface area contributed by atoms with Crippen LogP contribution < -0.4 is 10.1 Å². The maximum absolute atomic E-state index is 12.9. The average molecular weight is 471 g/mol. The fraction of sp³-hybridized carbons (Fsp3) is 0.333. The van der Waals surface area contributed by atoms with Crippen LogP contribution in [0.4, 0.5) is 5.69 Å². The molecule has 35 heavy (non-hydrogen) atoms. The van der Waals surface area contributed by atoms with Crippen molar-refractivity contribution in [2.75, 3.05) is 11.9 Å². The molecule has 0 spiro atoms. The van der Waals surface area contributed by atoms with Gasteiger partial charge in [0.25, 0.3) is 5.91 Å². The highest BCUT2D eigenvalue weighted by molar-refractivity contribution is 5.94. The number of nitrogens with zero attached hydrogens (tertiary/aromatic N) is 1. The standard InChI is InChI=1S/C30H34N2O3/c1-5-27(30(34)31-24-14-9-21(4)10-15-24)35-25-16-13-22-17-18-32(28(33)6-2)29(26(22)19-25)23-11-7-20(3)8-12-23/h7-16,19,27,29H,5-6,17-18H2,1-4H3,(H,31,34)/t27-,29+/m1/s1. The lowest BCUT2D eigenvalue weighted by Gasteiger charge is -2.38. The molecule has 182 valence electrons. The van der Waals surface area contributed by atoms with Gasteiger partial charge >= 0.3 is 0 Å². The van der Waals surface area contributed by atoms with Gasteiger partial charge in [-0.3, -0.25) is 9.59 Å². The van der Waals surface area contributed by atoms with E-state index in [1.165, 1.54) is 11.1 Å². The summed E-state index contributed by atoms with van der Waals surface area (Å²) in [6.07, 6.45) is 1.18. The highest BCUT2D eigenvalue weighted by Crippen LogP contribution is 2.38. The SMILES string of the molecule is CCC(=O)N1CCc2ccc(O[C@H](CC)C(=O)Nc3ccc(C)cc3)cc2[C@@H]1c1ccc(C)cc1. The summed E-state index contributed by atoms with van der Waals surface area (Å²) in [4.78, 5) is 27.8. The lowest BCUT2D eigenvalue weighted by atomic mass is 9.87. The summed E-state index contributed by atoms with van der Waals surface area (Å²) in [5.41, 5.74) is 6.43. The van der Waals surface area contributed by atoms with E-state index in [4.69, 9.17) is 4.74 Å². The Morgan fingerprint density at radius 3 is 2.26 bits per heavy atom. The summed E-state index contributed by atoms with van der Waals surface area (Å²) in [6, 6.07) is 21.9. The van der Waals surface area contributed by atoms with Gasteiger partial charge in [0.05, 0.1) is 6.04 Å². The van der Waals surface area contributed by atoms with Crippen LogP contribution in [0.1, 0.15) is 60.5 Å². The number of hydrogen-bond acceptors (Lipinski definition) is 3. The molecule has 0 aliphatic carbocycles. The quantitative estimate of drug-likeness (QED) is 0.462. The van der Waals surface area contributed by atoms with Crippen molar-refractivity contribution in [1.82, 2.24) is 4.90 Å². The number of fused-ring (bicyclic) bond motifs is 1. The van der Waals surface area contributed by atoms with Gasteiger partial charge in [-0.25, -0.2) is 0 Å². The molecule has 0 aromatic heterocycles. The van der Waals surface area contributed by atoms with Gasteiger partial charge in [-0.15, -0.1) is 0 Å². The molecule has 0 fully saturated rings. The Morgan fingerprint density at radius 2 is 1.63 bits per heavy atom. The Labute approximate surface area is 208 Å². The predicted octanol–water partition coefficient (Wildman–Crippen LogP) is 5.98. The number of anilines is 1. The van der Waals surface area contributed by atoms with Crippen molar-refractivity contribution in [3.63, 3.8) is 0 Å². The van der Waals surface area contributed by atoms with Gasteiger partial charge in [-0.1, -0.05) is 67.4 Å². The van der Waals surface area contributed by atoms with E-state index in [0.29, 0.717) is 25.1 Å². The van der Waals surface area contributed by atoms with Gasteiger partial charge in [0.15, 0.2) is 6.10 Å². The van der Waals surface area contributed by atoms with Gasteiger partial charge in [-0.2, -0.15) is 0 Å². The normalized spacial score (nSPS) is 15.8. The first-order chi connectivity index (χ1) is 16.9. The zero-order valence-corrected chi connectivity index (χ0v) is 21.0. The second kappa shape index (κ2) is 10.8. The largest absolute Gasteiger partial charge is 0.481 e. The van der Waals surface area contributed by atoms with Crippen molar-refractivity contribution in [1.29, 1.82) is 0 Å². The van der Waals surface area contributed by atoms with E-state index in [1.807, 2.05) is 62.1 Å². The molecule has 2 amide bonds. The maximum atomic E-state index is 12.9. The van der Waals surface area contributed by atoms with Crippen molar-refractivity contribution in [3.05, 3.63) is 94.5 Å². The van der Waals surface area contributed by atoms with E-state index in [1.54, 1.807) is 0 Å². The summed E-state index contributed by atoms with van der Waals surface area (Å²) >= 11 is 0. The van der Waals surface area contributed by atoms with Crippen LogP contribution in [-0.4, -0.2) is 29.4 Å². The Balaban J connectivity index is 1.61. The molecule has 1 aliphatic rings. The van der Waals surface area contributed by atoms with Crippen LogP contribution in [0.5, 0.6) is 5.75 Å². The number of carbonyl (C=O) groups is 2. The van der Waals surface area contributed by atoms with Crippen molar-refractivity contribution in [2.45, 2.75) is 59.1 Å². The number of ether oxygens (including phenoxy) is 1. The average Bonchev–Trinajstić information content (AvgIpc) is 2.87. The fourth-order valence-electron chi connectivity index (χ4n) is 4.59. The molecule has 0 saturated heterocycles. The van der Waals surface area contributed by atoms with E-state index in [9.17, 15) is 9.59 Å². The van der Waals surface area contributed by atoms with Crippen molar-refractivity contribution >= 4 is 17.5 Å². The van der Waals surface area contributed by atoms with Crippen molar-refractivity contribution in [2.24, 2.45) is 0 Å². The van der Waals surface area contributed by atoms with Crippen LogP contribution >= 0.6 is 0 Å². The van der Waals surface area contributed by atoms with E-state index < -0.39 is 6.10 Å². The number of rotatable bonds is 7. The molecule has 1 aliphatic heterocycles. The molecule has 0 saturated carbocycles. The third kappa shape index (κ3) is 5.56. The molecule has 0 unspecified atom stereocenters. The molecular weight excluding hydrogens is 436 g/mol. The number of benzene rings is 3. The van der Waals surface area contributed by atoms with Crippen molar-refractivity contribution in [3.8, 4) is 5.75 Å². The van der Waals surface area contributed by atoms with Crippen LogP contribution in [0.3, 0.4) is 0 Å². The van der Waals surface area contributed by atoms with Crippen LogP contribution in [0.2, 0.25) is 0 Å². The summed E-state index contributed by atoms with van der Waals surface area (Å²) in [6.45, 7) is 8.61. The molecule has 4 rings (SSSR count). The van der Waals surface area contributed by atoms with E-state index in [0.717, 1.165) is 28.8 Å². The van der Waals surface area contributed by atoms with E-state index >= 15 is 0 Å². The minimum atomic E-state index is -0.621. The minimum absolute atomic E-state index is 0.136.